The van der Waals surface area contributed by atoms with E-state index in [2.05, 4.69) is 34.7 Å². The minimum absolute atomic E-state index is 0.119. The Balaban J connectivity index is 2.57. The second kappa shape index (κ2) is 10.4. The molecular weight excluding hydrogens is 372 g/mol. The van der Waals surface area contributed by atoms with E-state index in [1.165, 1.54) is 24.3 Å². The molecule has 146 valence electrons. The zero-order valence-corrected chi connectivity index (χ0v) is 17.3. The number of rotatable bonds is 8. The maximum atomic E-state index is 12.2. The Morgan fingerprint density at radius 3 is 2.27 bits per heavy atom. The van der Waals surface area contributed by atoms with Gasteiger partial charge in [-0.3, -0.25) is 15.6 Å². The lowest BCUT2D eigenvalue weighted by atomic mass is 10.1. The monoisotopic (exact) mass is 400 g/mol. The van der Waals surface area contributed by atoms with Crippen LogP contribution < -0.4 is 20.9 Å². The summed E-state index contributed by atoms with van der Waals surface area (Å²) in [5.41, 5.74) is 5.43. The third kappa shape index (κ3) is 7.67. The molecular formula is C17H28N4O3S2. The molecule has 0 heterocycles. The van der Waals surface area contributed by atoms with Crippen LogP contribution in [0.15, 0.2) is 29.2 Å². The number of benzene rings is 1. The molecule has 0 spiro atoms. The molecule has 0 bridgehead atoms. The van der Waals surface area contributed by atoms with Crippen molar-refractivity contribution in [3.63, 3.8) is 0 Å². The molecule has 0 saturated carbocycles. The molecule has 7 nitrogen and oxygen atoms in total. The Morgan fingerprint density at radius 2 is 1.73 bits per heavy atom. The Labute approximate surface area is 161 Å². The number of nitrogens with one attached hydrogen (secondary N) is 4. The van der Waals surface area contributed by atoms with Gasteiger partial charge in [-0.15, -0.1) is 0 Å². The predicted octanol–water partition coefficient (Wildman–Crippen LogP) is 1.92. The highest BCUT2D eigenvalue weighted by Crippen LogP contribution is 2.11. The minimum Gasteiger partial charge on any atom is -0.361 e. The molecule has 1 amide bonds. The van der Waals surface area contributed by atoms with E-state index >= 15 is 0 Å². The fourth-order valence-electron chi connectivity index (χ4n) is 1.91. The van der Waals surface area contributed by atoms with Crippen molar-refractivity contribution in [2.75, 3.05) is 6.54 Å². The summed E-state index contributed by atoms with van der Waals surface area (Å²) in [6.07, 6.45) is 1.66. The van der Waals surface area contributed by atoms with Gasteiger partial charge in [-0.05, 0) is 62.2 Å². The molecule has 0 aliphatic carbocycles. The Kier molecular flexibility index (Phi) is 8.97. The van der Waals surface area contributed by atoms with Crippen LogP contribution in [0, 0.1) is 5.92 Å². The van der Waals surface area contributed by atoms with Crippen molar-refractivity contribution >= 4 is 33.3 Å². The van der Waals surface area contributed by atoms with E-state index in [9.17, 15) is 13.2 Å². The van der Waals surface area contributed by atoms with Crippen LogP contribution in [0.3, 0.4) is 0 Å². The topological polar surface area (TPSA) is 99.3 Å². The number of hydrogen-bond donors (Lipinski definition) is 4. The van der Waals surface area contributed by atoms with Gasteiger partial charge in [-0.2, -0.15) is 0 Å². The summed E-state index contributed by atoms with van der Waals surface area (Å²) in [5, 5.41) is 3.32. The van der Waals surface area contributed by atoms with Crippen LogP contribution in [-0.2, 0) is 10.0 Å². The van der Waals surface area contributed by atoms with Gasteiger partial charge in [0.1, 0.15) is 0 Å². The smallest absolute Gasteiger partial charge is 0.269 e. The summed E-state index contributed by atoms with van der Waals surface area (Å²) >= 11 is 5.07. The summed E-state index contributed by atoms with van der Waals surface area (Å²) in [6, 6.07) is 5.56. The third-order valence-electron chi connectivity index (χ3n) is 3.69. The number of sulfonamides is 1. The fourth-order valence-corrected chi connectivity index (χ4v) is 3.39. The molecule has 1 aromatic rings. The number of hydrogen-bond acceptors (Lipinski definition) is 4. The average Bonchev–Trinajstić information content (AvgIpc) is 2.59. The Bertz CT molecular complexity index is 703. The van der Waals surface area contributed by atoms with E-state index in [1.54, 1.807) is 6.92 Å². The zero-order chi connectivity index (χ0) is 19.7. The van der Waals surface area contributed by atoms with E-state index in [1.807, 2.05) is 6.92 Å². The first kappa shape index (κ1) is 22.3. The van der Waals surface area contributed by atoms with Crippen LogP contribution >= 0.6 is 12.2 Å². The number of amides is 1. The van der Waals surface area contributed by atoms with Gasteiger partial charge in [0.05, 0.1) is 4.90 Å². The van der Waals surface area contributed by atoms with Gasteiger partial charge in [-0.25, -0.2) is 13.1 Å². The van der Waals surface area contributed by atoms with E-state index < -0.39 is 15.9 Å². The summed E-state index contributed by atoms with van der Waals surface area (Å²) in [7, 11) is -3.59. The summed E-state index contributed by atoms with van der Waals surface area (Å²) in [6.45, 7) is 8.64. The Hall–Kier alpha value is -1.71. The Morgan fingerprint density at radius 1 is 1.12 bits per heavy atom. The quantitative estimate of drug-likeness (QED) is 0.393. The van der Waals surface area contributed by atoms with Crippen LogP contribution in [0.1, 0.15) is 50.9 Å². The maximum absolute atomic E-state index is 12.2. The molecule has 0 aromatic heterocycles. The molecule has 0 aliphatic heterocycles. The fraction of sp³-hybridized carbons (Fsp3) is 0.529. The number of carbonyl (C=O) groups excluding carboxylic acids is 1. The summed E-state index contributed by atoms with van der Waals surface area (Å²) < 4.78 is 27.0. The van der Waals surface area contributed by atoms with Gasteiger partial charge in [0.15, 0.2) is 5.11 Å². The van der Waals surface area contributed by atoms with Gasteiger partial charge in [0, 0.05) is 18.2 Å². The van der Waals surface area contributed by atoms with E-state index in [-0.39, 0.29) is 10.9 Å². The van der Waals surface area contributed by atoms with Gasteiger partial charge >= 0.3 is 0 Å². The second-order valence-electron chi connectivity index (χ2n) is 6.47. The second-order valence-corrected chi connectivity index (χ2v) is 8.59. The standard InChI is InChI=1S/C17H28N4O3S2/c1-5-13(4)21-26(23,24)15-8-6-14(7-9-15)16(22)19-20-17(25)18-11-10-12(2)3/h6-9,12-13,21H,5,10-11H2,1-4H3,(H,19,22)(H2,18,20,25)/t13-/m0/s1. The average molecular weight is 401 g/mol. The first-order valence-electron chi connectivity index (χ1n) is 8.62. The van der Waals surface area contributed by atoms with Crippen molar-refractivity contribution in [3.8, 4) is 0 Å². The molecule has 0 saturated heterocycles. The zero-order valence-electron chi connectivity index (χ0n) is 15.6. The third-order valence-corrected chi connectivity index (χ3v) is 5.54. The molecule has 9 heteroatoms. The highest BCUT2D eigenvalue weighted by molar-refractivity contribution is 7.89. The van der Waals surface area contributed by atoms with Crippen molar-refractivity contribution in [2.24, 2.45) is 5.92 Å². The van der Waals surface area contributed by atoms with Crippen LogP contribution in [0.5, 0.6) is 0 Å². The first-order chi connectivity index (χ1) is 12.2. The van der Waals surface area contributed by atoms with Crippen molar-refractivity contribution in [1.29, 1.82) is 0 Å². The largest absolute Gasteiger partial charge is 0.361 e. The molecule has 0 radical (unpaired) electrons. The van der Waals surface area contributed by atoms with Gasteiger partial charge in [0.2, 0.25) is 10.0 Å². The van der Waals surface area contributed by atoms with Gasteiger partial charge in [0.25, 0.3) is 5.91 Å². The SMILES string of the molecule is CC[C@H](C)NS(=O)(=O)c1ccc(C(=O)NNC(=S)NCCC(C)C)cc1. The number of carbonyl (C=O) groups is 1. The normalized spacial score (nSPS) is 12.5. The van der Waals surface area contributed by atoms with Crippen LogP contribution in [0.25, 0.3) is 0 Å². The van der Waals surface area contributed by atoms with Crippen molar-refractivity contribution < 1.29 is 13.2 Å². The van der Waals surface area contributed by atoms with Crippen molar-refractivity contribution in [1.82, 2.24) is 20.9 Å². The maximum Gasteiger partial charge on any atom is 0.269 e. The predicted molar refractivity (Wildman–Crippen MR) is 107 cm³/mol. The molecule has 26 heavy (non-hydrogen) atoms. The van der Waals surface area contributed by atoms with E-state index in [4.69, 9.17) is 12.2 Å². The lowest BCUT2D eigenvalue weighted by Crippen LogP contribution is -2.47. The number of hydrazine groups is 1. The minimum atomic E-state index is -3.59. The molecule has 1 aromatic carbocycles. The van der Waals surface area contributed by atoms with E-state index in [0.717, 1.165) is 13.0 Å². The first-order valence-corrected chi connectivity index (χ1v) is 10.5. The lowest BCUT2D eigenvalue weighted by molar-refractivity contribution is 0.0943. The highest BCUT2D eigenvalue weighted by atomic mass is 32.2. The molecule has 0 aliphatic rings. The van der Waals surface area contributed by atoms with Gasteiger partial charge < -0.3 is 5.32 Å². The van der Waals surface area contributed by atoms with Gasteiger partial charge in [-0.1, -0.05) is 20.8 Å². The van der Waals surface area contributed by atoms with Crippen LogP contribution in [0.2, 0.25) is 0 Å². The lowest BCUT2D eigenvalue weighted by Gasteiger charge is -2.13. The van der Waals surface area contributed by atoms with Crippen LogP contribution in [-0.4, -0.2) is 32.0 Å². The van der Waals surface area contributed by atoms with E-state index in [0.29, 0.717) is 23.0 Å². The van der Waals surface area contributed by atoms with Crippen molar-refractivity contribution in [2.45, 2.75) is 51.5 Å². The molecule has 0 fully saturated rings. The van der Waals surface area contributed by atoms with Crippen molar-refractivity contribution in [3.05, 3.63) is 29.8 Å². The molecule has 1 rings (SSSR count). The molecule has 4 N–H and O–H groups in total. The summed E-state index contributed by atoms with van der Waals surface area (Å²) in [4.78, 5) is 12.2. The molecule has 1 atom stereocenters. The molecule has 0 unspecified atom stereocenters. The van der Waals surface area contributed by atoms with Crippen LogP contribution in [0.4, 0.5) is 0 Å². The highest BCUT2D eigenvalue weighted by Gasteiger charge is 2.17. The summed E-state index contributed by atoms with van der Waals surface area (Å²) in [5.74, 6) is 0.154. The number of thiocarbonyl (C=S) groups is 1.